The number of carbonyl (C=O) groups excluding carboxylic acids is 2. The quantitative estimate of drug-likeness (QED) is 0.335. The van der Waals surface area contributed by atoms with Crippen LogP contribution in [0.15, 0.2) is 30.3 Å². The molecule has 1 fully saturated rings. The number of hydrogen-bond acceptors (Lipinski definition) is 4. The molecule has 3 rings (SSSR count). The number of rotatable bonds is 9. The summed E-state index contributed by atoms with van der Waals surface area (Å²) in [5, 5.41) is 3.90. The van der Waals surface area contributed by atoms with E-state index in [1.165, 1.54) is 23.1 Å². The molecule has 2 aromatic carbocycles. The predicted octanol–water partition coefficient (Wildman–Crippen LogP) is 6.20. The largest absolute Gasteiger partial charge is 0.352 e. The van der Waals surface area contributed by atoms with Crippen LogP contribution in [0.25, 0.3) is 0 Å². The van der Waals surface area contributed by atoms with E-state index in [0.717, 1.165) is 36.2 Å². The number of anilines is 1. The van der Waals surface area contributed by atoms with Gasteiger partial charge in [-0.1, -0.05) is 76.9 Å². The first-order valence-corrected chi connectivity index (χ1v) is 15.2. The summed E-state index contributed by atoms with van der Waals surface area (Å²) in [5.41, 5.74) is 0.526. The Hall–Kier alpha value is -1.42. The van der Waals surface area contributed by atoms with E-state index in [-0.39, 0.29) is 39.2 Å². The lowest BCUT2D eigenvalue weighted by atomic mass is 10.1. The van der Waals surface area contributed by atoms with E-state index in [4.69, 9.17) is 58.0 Å². The van der Waals surface area contributed by atoms with E-state index in [9.17, 15) is 18.0 Å². The highest BCUT2D eigenvalue weighted by Crippen LogP contribution is 2.36. The molecule has 0 aliphatic heterocycles. The molecule has 1 N–H and O–H groups in total. The third kappa shape index (κ3) is 7.80. The predicted molar refractivity (Wildman–Crippen MR) is 151 cm³/mol. The van der Waals surface area contributed by atoms with Gasteiger partial charge in [-0.2, -0.15) is 0 Å². The molecular formula is C24H26Cl5N3O4S. The molecule has 0 aromatic heterocycles. The highest BCUT2D eigenvalue weighted by Gasteiger charge is 2.32. The minimum atomic E-state index is -3.99. The monoisotopic (exact) mass is 627 g/mol. The fourth-order valence-corrected chi connectivity index (χ4v) is 6.12. The zero-order valence-electron chi connectivity index (χ0n) is 20.1. The SMILES string of the molecule is CC(C(=O)NC1CCCC1)N(Cc1ccc(Cl)cc1Cl)C(=O)CN(c1cc(Cl)c(Cl)cc1Cl)S(C)(=O)=O. The number of halogens is 5. The molecule has 0 radical (unpaired) electrons. The maximum absolute atomic E-state index is 13.7. The molecule has 13 heteroatoms. The van der Waals surface area contributed by atoms with Gasteiger partial charge in [0.25, 0.3) is 0 Å². The van der Waals surface area contributed by atoms with Gasteiger partial charge in [0, 0.05) is 22.6 Å². The zero-order valence-corrected chi connectivity index (χ0v) is 24.7. The third-order valence-electron chi connectivity index (χ3n) is 6.16. The summed E-state index contributed by atoms with van der Waals surface area (Å²) in [6, 6.07) is 6.48. The van der Waals surface area contributed by atoms with Crippen molar-refractivity contribution in [2.75, 3.05) is 17.1 Å². The Balaban J connectivity index is 1.95. The summed E-state index contributed by atoms with van der Waals surface area (Å²) < 4.78 is 26.3. The highest BCUT2D eigenvalue weighted by atomic mass is 35.5. The van der Waals surface area contributed by atoms with Crippen LogP contribution < -0.4 is 9.62 Å². The second-order valence-corrected chi connectivity index (χ2v) is 12.9. The molecule has 2 aromatic rings. The molecule has 1 saturated carbocycles. The number of amides is 2. The first-order chi connectivity index (χ1) is 17.3. The lowest BCUT2D eigenvalue weighted by Gasteiger charge is -2.32. The van der Waals surface area contributed by atoms with E-state index in [0.29, 0.717) is 15.6 Å². The van der Waals surface area contributed by atoms with Gasteiger partial charge in [-0.15, -0.1) is 0 Å². The van der Waals surface area contributed by atoms with Crippen LogP contribution in [0.1, 0.15) is 38.2 Å². The zero-order chi connectivity index (χ0) is 27.5. The van der Waals surface area contributed by atoms with Crippen LogP contribution in [0.4, 0.5) is 5.69 Å². The van der Waals surface area contributed by atoms with E-state index >= 15 is 0 Å². The summed E-state index contributed by atoms with van der Waals surface area (Å²) in [6.07, 6.45) is 4.72. The standard InChI is InChI=1S/C24H26Cl5N3O4S/c1-14(24(34)30-17-5-3-4-6-17)31(12-15-7-8-16(25)9-18(15)26)23(33)13-32(37(2,35)36)22-11-20(28)19(27)10-21(22)29/h7-11,14,17H,3-6,12-13H2,1-2H3,(H,30,34). The van der Waals surface area contributed by atoms with Crippen LogP contribution in [0.2, 0.25) is 25.1 Å². The number of nitrogens with zero attached hydrogens (tertiary/aromatic N) is 2. The number of benzene rings is 2. The highest BCUT2D eigenvalue weighted by molar-refractivity contribution is 7.92. The van der Waals surface area contributed by atoms with Crippen LogP contribution >= 0.6 is 58.0 Å². The second-order valence-electron chi connectivity index (χ2n) is 8.91. The molecule has 1 aliphatic carbocycles. The molecule has 1 aliphatic rings. The minimum absolute atomic E-state index is 0.00746. The van der Waals surface area contributed by atoms with E-state index in [1.54, 1.807) is 19.1 Å². The molecule has 1 atom stereocenters. The Kier molecular flexibility index (Phi) is 10.3. The van der Waals surface area contributed by atoms with Gasteiger partial charge in [-0.25, -0.2) is 8.42 Å². The Labute approximate surface area is 242 Å². The lowest BCUT2D eigenvalue weighted by molar-refractivity contribution is -0.139. The molecule has 0 saturated heterocycles. The van der Waals surface area contributed by atoms with Gasteiger partial charge in [0.2, 0.25) is 21.8 Å². The number of sulfonamides is 1. The maximum Gasteiger partial charge on any atom is 0.244 e. The third-order valence-corrected chi connectivity index (χ3v) is 8.90. The Morgan fingerprint density at radius 3 is 2.19 bits per heavy atom. The van der Waals surface area contributed by atoms with Gasteiger partial charge < -0.3 is 10.2 Å². The molecule has 0 spiro atoms. The lowest BCUT2D eigenvalue weighted by Crippen LogP contribution is -2.52. The molecule has 202 valence electrons. The van der Waals surface area contributed by atoms with Crippen molar-refractivity contribution in [3.63, 3.8) is 0 Å². The van der Waals surface area contributed by atoms with Crippen molar-refractivity contribution in [1.82, 2.24) is 10.2 Å². The van der Waals surface area contributed by atoms with Crippen molar-refractivity contribution in [3.8, 4) is 0 Å². The van der Waals surface area contributed by atoms with Crippen LogP contribution in [0.5, 0.6) is 0 Å². The summed E-state index contributed by atoms with van der Waals surface area (Å²) in [7, 11) is -3.99. The fraction of sp³-hybridized carbons (Fsp3) is 0.417. The fourth-order valence-electron chi connectivity index (χ4n) is 4.11. The number of nitrogens with one attached hydrogen (secondary N) is 1. The van der Waals surface area contributed by atoms with Gasteiger partial charge in [0.1, 0.15) is 12.6 Å². The first-order valence-electron chi connectivity index (χ1n) is 11.4. The smallest absolute Gasteiger partial charge is 0.244 e. The van der Waals surface area contributed by atoms with Gasteiger partial charge in [-0.05, 0) is 49.6 Å². The summed E-state index contributed by atoms with van der Waals surface area (Å²) >= 11 is 30.7. The second kappa shape index (κ2) is 12.6. The Morgan fingerprint density at radius 1 is 0.973 bits per heavy atom. The molecule has 2 amide bonds. The van der Waals surface area contributed by atoms with Crippen molar-refractivity contribution in [1.29, 1.82) is 0 Å². The van der Waals surface area contributed by atoms with Crippen molar-refractivity contribution in [2.45, 2.75) is 51.2 Å². The van der Waals surface area contributed by atoms with E-state index in [1.807, 2.05) is 0 Å². The molecule has 0 bridgehead atoms. The maximum atomic E-state index is 13.7. The van der Waals surface area contributed by atoms with Gasteiger partial charge >= 0.3 is 0 Å². The van der Waals surface area contributed by atoms with Crippen molar-refractivity contribution in [3.05, 3.63) is 61.0 Å². The molecular weight excluding hydrogens is 604 g/mol. The molecule has 7 nitrogen and oxygen atoms in total. The summed E-state index contributed by atoms with van der Waals surface area (Å²) in [6.45, 7) is 0.895. The normalized spacial score (nSPS) is 14.9. The first kappa shape index (κ1) is 30.1. The van der Waals surface area contributed by atoms with Gasteiger partial charge in [-0.3, -0.25) is 13.9 Å². The molecule has 37 heavy (non-hydrogen) atoms. The van der Waals surface area contributed by atoms with Gasteiger partial charge in [0.05, 0.1) is 27.0 Å². The van der Waals surface area contributed by atoms with Crippen LogP contribution in [-0.4, -0.2) is 50.0 Å². The topological polar surface area (TPSA) is 86.8 Å². The van der Waals surface area contributed by atoms with Crippen LogP contribution in [0, 0.1) is 0 Å². The Morgan fingerprint density at radius 2 is 1.59 bits per heavy atom. The van der Waals surface area contributed by atoms with E-state index in [2.05, 4.69) is 5.32 Å². The van der Waals surface area contributed by atoms with Crippen molar-refractivity contribution in [2.24, 2.45) is 0 Å². The molecule has 0 heterocycles. The van der Waals surface area contributed by atoms with Crippen molar-refractivity contribution < 1.29 is 18.0 Å². The van der Waals surface area contributed by atoms with Crippen molar-refractivity contribution >= 4 is 85.5 Å². The van der Waals surface area contributed by atoms with E-state index < -0.39 is 28.5 Å². The minimum Gasteiger partial charge on any atom is -0.352 e. The Bertz CT molecular complexity index is 1290. The van der Waals surface area contributed by atoms with Crippen LogP contribution in [-0.2, 0) is 26.2 Å². The van der Waals surface area contributed by atoms with Gasteiger partial charge in [0.15, 0.2) is 0 Å². The average Bonchev–Trinajstić information content (AvgIpc) is 3.31. The number of hydrogen-bond donors (Lipinski definition) is 1. The number of carbonyl (C=O) groups is 2. The van der Waals surface area contributed by atoms with Crippen LogP contribution in [0.3, 0.4) is 0 Å². The summed E-state index contributed by atoms with van der Waals surface area (Å²) in [4.78, 5) is 28.1. The summed E-state index contributed by atoms with van der Waals surface area (Å²) in [5.74, 6) is -0.989. The molecule has 1 unspecified atom stereocenters. The average molecular weight is 630 g/mol.